The largest absolute Gasteiger partial charge is 0.369 e. The number of rotatable bonds is 4. The lowest BCUT2D eigenvalue weighted by Crippen LogP contribution is -2.17. The van der Waals surface area contributed by atoms with Crippen LogP contribution in [0.15, 0.2) is 18.2 Å². The second kappa shape index (κ2) is 6.59. The Hall–Kier alpha value is -2.63. The van der Waals surface area contributed by atoms with Gasteiger partial charge in [-0.05, 0) is 50.5 Å². The normalized spacial score (nSPS) is 15.6. The predicted molar refractivity (Wildman–Crippen MR) is 102 cm³/mol. The summed E-state index contributed by atoms with van der Waals surface area (Å²) in [7, 11) is 0. The van der Waals surface area contributed by atoms with Crippen LogP contribution in [0.4, 0.5) is 0 Å². The molecule has 3 N–H and O–H groups in total. The summed E-state index contributed by atoms with van der Waals surface area (Å²) in [5.74, 6) is 0.957. The van der Waals surface area contributed by atoms with E-state index in [-0.39, 0.29) is 6.42 Å². The number of hydrogen-bond donors (Lipinski definition) is 2. The molecule has 0 saturated heterocycles. The van der Waals surface area contributed by atoms with E-state index in [4.69, 9.17) is 5.73 Å². The number of aromatic amines is 1. The number of fused-ring (bicyclic) bond motifs is 1. The number of carbonyl (C=O) groups excluding carboxylic acids is 1. The van der Waals surface area contributed by atoms with Crippen LogP contribution in [0.1, 0.15) is 55.2 Å². The molecule has 1 fully saturated rings. The van der Waals surface area contributed by atoms with Crippen molar-refractivity contribution in [2.75, 3.05) is 0 Å². The van der Waals surface area contributed by atoms with E-state index in [0.29, 0.717) is 11.9 Å². The molecule has 1 saturated carbocycles. The van der Waals surface area contributed by atoms with E-state index in [2.05, 4.69) is 47.1 Å². The van der Waals surface area contributed by atoms with Gasteiger partial charge in [0.15, 0.2) is 11.6 Å². The molecule has 26 heavy (non-hydrogen) atoms. The van der Waals surface area contributed by atoms with Gasteiger partial charge in [-0.25, -0.2) is 9.67 Å². The zero-order chi connectivity index (χ0) is 18.3. The lowest BCUT2D eigenvalue weighted by Gasteiger charge is -2.23. The van der Waals surface area contributed by atoms with Crippen molar-refractivity contribution < 1.29 is 4.79 Å². The molecule has 6 heteroatoms. The topological polar surface area (TPSA) is 89.6 Å². The van der Waals surface area contributed by atoms with Gasteiger partial charge in [-0.15, -0.1) is 0 Å². The molecule has 1 aromatic carbocycles. The zero-order valence-electron chi connectivity index (χ0n) is 15.4. The van der Waals surface area contributed by atoms with Crippen LogP contribution in [0.3, 0.4) is 0 Å². The predicted octanol–water partition coefficient (Wildman–Crippen LogP) is 3.58. The summed E-state index contributed by atoms with van der Waals surface area (Å²) in [6.45, 7) is 4.22. The standard InChI is InChI=1S/C20H25N5O/c1-12-13(2)22-17-9-8-14(10-16(12)17)20-23-19(11-18(21)26)24-25(20)15-6-4-3-5-7-15/h8-10,15,22H,3-7,11H2,1-2H3,(H2,21,26). The minimum atomic E-state index is -0.398. The molecule has 2 heterocycles. The van der Waals surface area contributed by atoms with Gasteiger partial charge in [0, 0.05) is 22.2 Å². The molecule has 0 unspecified atom stereocenters. The number of benzene rings is 1. The molecule has 0 aliphatic heterocycles. The van der Waals surface area contributed by atoms with Crippen LogP contribution in [0.2, 0.25) is 0 Å². The number of carbonyl (C=O) groups is 1. The number of primary amides is 1. The van der Waals surface area contributed by atoms with Crippen LogP contribution >= 0.6 is 0 Å². The first kappa shape index (κ1) is 16.8. The number of amides is 1. The highest BCUT2D eigenvalue weighted by Gasteiger charge is 2.23. The molecule has 1 aliphatic rings. The van der Waals surface area contributed by atoms with Gasteiger partial charge in [-0.3, -0.25) is 4.79 Å². The van der Waals surface area contributed by atoms with E-state index in [1.54, 1.807) is 0 Å². The maximum Gasteiger partial charge on any atom is 0.225 e. The fourth-order valence-electron chi connectivity index (χ4n) is 3.98. The Morgan fingerprint density at radius 3 is 2.77 bits per heavy atom. The minimum Gasteiger partial charge on any atom is -0.369 e. The first-order chi connectivity index (χ1) is 12.5. The van der Waals surface area contributed by atoms with Crippen LogP contribution in [0.25, 0.3) is 22.3 Å². The summed E-state index contributed by atoms with van der Waals surface area (Å²) in [5.41, 5.74) is 9.96. The molecule has 1 aliphatic carbocycles. The van der Waals surface area contributed by atoms with Gasteiger partial charge in [0.25, 0.3) is 0 Å². The quantitative estimate of drug-likeness (QED) is 0.753. The van der Waals surface area contributed by atoms with Gasteiger partial charge >= 0.3 is 0 Å². The van der Waals surface area contributed by atoms with Crippen molar-refractivity contribution in [2.24, 2.45) is 5.73 Å². The molecule has 0 atom stereocenters. The first-order valence-electron chi connectivity index (χ1n) is 9.36. The third-order valence-electron chi connectivity index (χ3n) is 5.49. The van der Waals surface area contributed by atoms with Crippen molar-refractivity contribution >= 4 is 16.8 Å². The maximum absolute atomic E-state index is 11.4. The van der Waals surface area contributed by atoms with Crippen molar-refractivity contribution in [1.29, 1.82) is 0 Å². The first-order valence-corrected chi connectivity index (χ1v) is 9.36. The van der Waals surface area contributed by atoms with E-state index in [1.807, 2.05) is 4.68 Å². The Bertz CT molecular complexity index is 962. The summed E-state index contributed by atoms with van der Waals surface area (Å²) >= 11 is 0. The molecule has 0 bridgehead atoms. The number of aryl methyl sites for hydroxylation is 2. The Balaban J connectivity index is 1.81. The van der Waals surface area contributed by atoms with Crippen molar-refractivity contribution in [3.05, 3.63) is 35.3 Å². The lowest BCUT2D eigenvalue weighted by molar-refractivity contribution is -0.117. The van der Waals surface area contributed by atoms with Crippen molar-refractivity contribution in [3.63, 3.8) is 0 Å². The van der Waals surface area contributed by atoms with Crippen LogP contribution in [0.5, 0.6) is 0 Å². The Labute approximate surface area is 152 Å². The lowest BCUT2D eigenvalue weighted by atomic mass is 9.95. The van der Waals surface area contributed by atoms with Gasteiger partial charge in [-0.2, -0.15) is 5.10 Å². The van der Waals surface area contributed by atoms with Gasteiger partial charge in [0.1, 0.15) is 0 Å². The van der Waals surface area contributed by atoms with Crippen LogP contribution in [-0.2, 0) is 11.2 Å². The smallest absolute Gasteiger partial charge is 0.225 e. The minimum absolute atomic E-state index is 0.0806. The molecule has 136 valence electrons. The van der Waals surface area contributed by atoms with E-state index in [0.717, 1.165) is 29.7 Å². The monoisotopic (exact) mass is 351 g/mol. The Morgan fingerprint density at radius 2 is 2.04 bits per heavy atom. The van der Waals surface area contributed by atoms with E-state index in [9.17, 15) is 4.79 Å². The highest BCUT2D eigenvalue weighted by Crippen LogP contribution is 2.33. The molecular weight excluding hydrogens is 326 g/mol. The van der Waals surface area contributed by atoms with Crippen LogP contribution in [-0.4, -0.2) is 25.7 Å². The third kappa shape index (κ3) is 3.00. The van der Waals surface area contributed by atoms with E-state index in [1.165, 1.54) is 35.9 Å². The van der Waals surface area contributed by atoms with E-state index < -0.39 is 5.91 Å². The molecule has 3 aromatic rings. The summed E-state index contributed by atoms with van der Waals surface area (Å²) in [5, 5.41) is 5.86. The second-order valence-electron chi connectivity index (χ2n) is 7.37. The highest BCUT2D eigenvalue weighted by atomic mass is 16.1. The fourth-order valence-corrected chi connectivity index (χ4v) is 3.98. The number of nitrogens with zero attached hydrogens (tertiary/aromatic N) is 3. The summed E-state index contributed by atoms with van der Waals surface area (Å²) in [6, 6.07) is 6.69. The van der Waals surface area contributed by atoms with Crippen LogP contribution in [0, 0.1) is 13.8 Å². The molecule has 2 aromatic heterocycles. The van der Waals surface area contributed by atoms with Crippen molar-refractivity contribution in [1.82, 2.24) is 19.7 Å². The Morgan fingerprint density at radius 1 is 1.27 bits per heavy atom. The fraction of sp³-hybridized carbons (Fsp3) is 0.450. The van der Waals surface area contributed by atoms with Crippen molar-refractivity contribution in [3.8, 4) is 11.4 Å². The molecule has 6 nitrogen and oxygen atoms in total. The van der Waals surface area contributed by atoms with Crippen molar-refractivity contribution in [2.45, 2.75) is 58.4 Å². The van der Waals surface area contributed by atoms with Gasteiger partial charge in [0.05, 0.1) is 12.5 Å². The SMILES string of the molecule is Cc1[nH]c2ccc(-c3nc(CC(N)=O)nn3C3CCCCC3)cc2c1C. The number of nitrogens with one attached hydrogen (secondary N) is 1. The number of nitrogens with two attached hydrogens (primary N) is 1. The van der Waals surface area contributed by atoms with Gasteiger partial charge < -0.3 is 10.7 Å². The van der Waals surface area contributed by atoms with Gasteiger partial charge in [0.2, 0.25) is 5.91 Å². The Kier molecular flexibility index (Phi) is 4.26. The number of hydrogen-bond acceptors (Lipinski definition) is 3. The van der Waals surface area contributed by atoms with E-state index >= 15 is 0 Å². The summed E-state index contributed by atoms with van der Waals surface area (Å²) in [4.78, 5) is 19.4. The zero-order valence-corrected chi connectivity index (χ0v) is 15.4. The van der Waals surface area contributed by atoms with Crippen LogP contribution < -0.4 is 5.73 Å². The molecule has 0 spiro atoms. The number of aromatic nitrogens is 4. The molecule has 0 radical (unpaired) electrons. The third-order valence-corrected chi connectivity index (χ3v) is 5.49. The second-order valence-corrected chi connectivity index (χ2v) is 7.37. The summed E-state index contributed by atoms with van der Waals surface area (Å²) in [6.07, 6.45) is 6.00. The highest BCUT2D eigenvalue weighted by molar-refractivity contribution is 5.88. The average molecular weight is 351 g/mol. The van der Waals surface area contributed by atoms with Gasteiger partial charge in [-0.1, -0.05) is 19.3 Å². The molecule has 1 amide bonds. The average Bonchev–Trinajstić information content (AvgIpc) is 3.16. The maximum atomic E-state index is 11.4. The molecule has 4 rings (SSSR count). The number of H-pyrrole nitrogens is 1. The summed E-state index contributed by atoms with van der Waals surface area (Å²) < 4.78 is 2.04. The molecular formula is C20H25N5O.